The minimum absolute atomic E-state index is 0.0394. The number of nitrogens with zero attached hydrogens (tertiary/aromatic N) is 2. The van der Waals surface area contributed by atoms with Gasteiger partial charge in [0.05, 0.1) is 10.6 Å². The zero-order chi connectivity index (χ0) is 24.4. The molecule has 0 bridgehead atoms. The van der Waals surface area contributed by atoms with Gasteiger partial charge in [-0.2, -0.15) is 5.10 Å². The second-order valence-electron chi connectivity index (χ2n) is 11.1. The van der Waals surface area contributed by atoms with Crippen LogP contribution in [0.25, 0.3) is 5.57 Å². The lowest BCUT2D eigenvalue weighted by Crippen LogP contribution is -2.49. The fourth-order valence-corrected chi connectivity index (χ4v) is 8.92. The molecule has 5 atom stereocenters. The number of halogens is 1. The molecule has 0 unspecified atom stereocenters. The first kappa shape index (κ1) is 22.7. The van der Waals surface area contributed by atoms with Crippen molar-refractivity contribution in [3.8, 4) is 0 Å². The van der Waals surface area contributed by atoms with Gasteiger partial charge in [0, 0.05) is 16.8 Å². The number of allylic oxidation sites excluding steroid dienone is 2. The molecule has 2 aromatic rings. The lowest BCUT2D eigenvalue weighted by molar-refractivity contribution is 0.0116. The van der Waals surface area contributed by atoms with Crippen molar-refractivity contribution in [1.82, 2.24) is 10.4 Å². The highest BCUT2D eigenvalue weighted by molar-refractivity contribution is 7.16. The number of primary amides is 1. The molecule has 0 saturated heterocycles. The zero-order valence-electron chi connectivity index (χ0n) is 20.2. The third-order valence-electron chi connectivity index (χ3n) is 9.41. The van der Waals surface area contributed by atoms with E-state index in [0.717, 1.165) is 55.1 Å². The summed E-state index contributed by atoms with van der Waals surface area (Å²) in [6.45, 7) is 4.82. The molecule has 6 rings (SSSR count). The number of anilines is 2. The Morgan fingerprint density at radius 2 is 2.03 bits per heavy atom. The average molecular weight is 494 g/mol. The summed E-state index contributed by atoms with van der Waals surface area (Å²) >= 11 is 1.70. The number of carbonyl (C=O) groups is 1. The number of hydrazone groups is 1. The van der Waals surface area contributed by atoms with Gasteiger partial charge in [0.1, 0.15) is 5.82 Å². The Kier molecular flexibility index (Phi) is 5.29. The number of urea groups is 1. The molecule has 2 saturated carbocycles. The van der Waals surface area contributed by atoms with Gasteiger partial charge in [-0.25, -0.2) is 19.6 Å². The molecule has 4 N–H and O–H groups in total. The summed E-state index contributed by atoms with van der Waals surface area (Å²) in [7, 11) is 0. The van der Waals surface area contributed by atoms with E-state index < -0.39 is 6.03 Å². The summed E-state index contributed by atoms with van der Waals surface area (Å²) in [6, 6.07) is 5.95. The fraction of sp³-hybridized carbons (Fsp3) is 0.519. The molecule has 0 spiro atoms. The van der Waals surface area contributed by atoms with E-state index in [4.69, 9.17) is 10.7 Å². The monoisotopic (exact) mass is 493 g/mol. The Labute approximate surface area is 209 Å². The van der Waals surface area contributed by atoms with E-state index >= 15 is 0 Å². The van der Waals surface area contributed by atoms with E-state index in [0.29, 0.717) is 17.8 Å². The van der Waals surface area contributed by atoms with Crippen LogP contribution in [0.1, 0.15) is 62.9 Å². The Bertz CT molecular complexity index is 1250. The number of aryl methyl sites for hydroxylation is 1. The van der Waals surface area contributed by atoms with Crippen LogP contribution in [0.3, 0.4) is 0 Å². The Balaban J connectivity index is 1.29. The number of carbonyl (C=O) groups excluding carboxylic acids is 1. The molecule has 1 heterocycles. The highest BCUT2D eigenvalue weighted by Gasteiger charge is 2.58. The van der Waals surface area contributed by atoms with Gasteiger partial charge in [-0.3, -0.25) is 0 Å². The molecule has 35 heavy (non-hydrogen) atoms. The Morgan fingerprint density at radius 3 is 2.83 bits per heavy atom. The lowest BCUT2D eigenvalue weighted by atomic mass is 9.48. The van der Waals surface area contributed by atoms with Crippen LogP contribution in [0, 0.1) is 34.4 Å². The van der Waals surface area contributed by atoms with Gasteiger partial charge in [-0.05, 0) is 91.9 Å². The number of hydrogen-bond donors (Lipinski definition) is 3. The second kappa shape index (κ2) is 8.15. The van der Waals surface area contributed by atoms with Crippen LogP contribution in [0.15, 0.2) is 35.4 Å². The minimum Gasteiger partial charge on any atom is -0.350 e. The van der Waals surface area contributed by atoms with E-state index in [2.05, 4.69) is 35.8 Å². The predicted octanol–water partition coefficient (Wildman–Crippen LogP) is 6.23. The van der Waals surface area contributed by atoms with Crippen molar-refractivity contribution in [3.63, 3.8) is 0 Å². The van der Waals surface area contributed by atoms with Gasteiger partial charge in [0.2, 0.25) is 0 Å². The normalized spacial score (nSPS) is 34.3. The first-order chi connectivity index (χ1) is 16.8. The summed E-state index contributed by atoms with van der Waals surface area (Å²) in [4.78, 5) is 17.4. The van der Waals surface area contributed by atoms with E-state index in [1.807, 2.05) is 6.07 Å². The van der Waals surface area contributed by atoms with Crippen molar-refractivity contribution in [1.29, 1.82) is 0 Å². The van der Waals surface area contributed by atoms with E-state index in [1.54, 1.807) is 17.4 Å². The number of nitrogens with two attached hydrogens (primary N) is 1. The minimum atomic E-state index is -0.593. The number of thiazole rings is 1. The summed E-state index contributed by atoms with van der Waals surface area (Å²) in [6.07, 6.45) is 10.00. The lowest BCUT2D eigenvalue weighted by Gasteiger charge is -2.56. The fourth-order valence-electron chi connectivity index (χ4n) is 7.71. The first-order valence-electron chi connectivity index (χ1n) is 12.6. The van der Waals surface area contributed by atoms with Crippen LogP contribution >= 0.6 is 11.3 Å². The second-order valence-corrected chi connectivity index (χ2v) is 12.1. The van der Waals surface area contributed by atoms with Gasteiger partial charge >= 0.3 is 6.03 Å². The maximum Gasteiger partial charge on any atom is 0.332 e. The molecule has 4 aliphatic carbocycles. The average Bonchev–Trinajstić information content (AvgIpc) is 3.37. The molecule has 1 aromatic carbocycles. The van der Waals surface area contributed by atoms with Crippen LogP contribution in [0.2, 0.25) is 0 Å². The maximum absolute atomic E-state index is 13.7. The number of fused-ring (bicyclic) bond motifs is 7. The predicted molar refractivity (Wildman–Crippen MR) is 138 cm³/mol. The van der Waals surface area contributed by atoms with Gasteiger partial charge < -0.3 is 11.1 Å². The summed E-state index contributed by atoms with van der Waals surface area (Å²) < 4.78 is 13.7. The van der Waals surface area contributed by atoms with Crippen molar-refractivity contribution < 1.29 is 9.18 Å². The smallest absolute Gasteiger partial charge is 0.332 e. The number of hydrogen-bond acceptors (Lipinski definition) is 5. The molecule has 184 valence electrons. The number of rotatable bonds is 3. The number of amides is 2. The van der Waals surface area contributed by atoms with Crippen molar-refractivity contribution in [2.75, 3.05) is 5.32 Å². The van der Waals surface area contributed by atoms with Gasteiger partial charge in [-0.15, -0.1) is 0 Å². The molecule has 0 aliphatic heterocycles. The molecule has 2 amide bonds. The van der Waals surface area contributed by atoms with Gasteiger partial charge in [-0.1, -0.05) is 37.3 Å². The van der Waals surface area contributed by atoms with E-state index in [9.17, 15) is 9.18 Å². The Hall–Kier alpha value is -2.74. The quantitative estimate of drug-likeness (QED) is 0.442. The first-order valence-corrected chi connectivity index (χ1v) is 13.5. The van der Waals surface area contributed by atoms with Crippen LogP contribution < -0.4 is 16.5 Å². The zero-order valence-corrected chi connectivity index (χ0v) is 21.1. The van der Waals surface area contributed by atoms with Crippen molar-refractivity contribution in [2.45, 2.75) is 58.8 Å². The number of benzene rings is 1. The SMILES string of the molecule is C[C@]12CCc3nc(Nc4cccc(F)c4)sc3C1=CC[C@@H]1[C@@H]2CC[C@]2(C)/C(=N/NC(N)=O)CC[C@@H]12. The maximum atomic E-state index is 13.7. The molecule has 2 fully saturated rings. The molecule has 4 aliphatic rings. The molecule has 1 aromatic heterocycles. The number of nitrogens with one attached hydrogen (secondary N) is 2. The summed E-state index contributed by atoms with van der Waals surface area (Å²) in [5.74, 6) is 1.60. The molecule has 8 heteroatoms. The largest absolute Gasteiger partial charge is 0.350 e. The van der Waals surface area contributed by atoms with Crippen LogP contribution in [0.4, 0.5) is 20.0 Å². The number of aromatic nitrogens is 1. The summed E-state index contributed by atoms with van der Waals surface area (Å²) in [5.41, 5.74) is 12.4. The van der Waals surface area contributed by atoms with Crippen LogP contribution in [0.5, 0.6) is 0 Å². The third-order valence-corrected chi connectivity index (χ3v) is 10.5. The molecular formula is C27H32FN5OS. The summed E-state index contributed by atoms with van der Waals surface area (Å²) in [5, 5.41) is 8.58. The van der Waals surface area contributed by atoms with Crippen LogP contribution in [-0.4, -0.2) is 16.7 Å². The third kappa shape index (κ3) is 3.60. The van der Waals surface area contributed by atoms with E-state index in [-0.39, 0.29) is 16.6 Å². The highest BCUT2D eigenvalue weighted by Crippen LogP contribution is 2.65. The molecule has 0 radical (unpaired) electrons. The Morgan fingerprint density at radius 1 is 1.20 bits per heavy atom. The molecular weight excluding hydrogens is 461 g/mol. The topological polar surface area (TPSA) is 92.4 Å². The van der Waals surface area contributed by atoms with Crippen LogP contribution in [-0.2, 0) is 6.42 Å². The highest BCUT2D eigenvalue weighted by atomic mass is 32.1. The van der Waals surface area contributed by atoms with E-state index in [1.165, 1.54) is 34.7 Å². The van der Waals surface area contributed by atoms with Crippen molar-refractivity contribution in [3.05, 3.63) is 46.7 Å². The van der Waals surface area contributed by atoms with Gasteiger partial charge in [0.25, 0.3) is 0 Å². The van der Waals surface area contributed by atoms with Gasteiger partial charge in [0.15, 0.2) is 5.13 Å². The standard InChI is InChI=1S/C27H32FN5OS/c1-26-13-11-21-23(35-25(31-21)30-16-5-3-4-15(28)14-16)20(26)7-6-17-18-8-9-22(32-33-24(29)34)27(18,2)12-10-19(17)26/h3-5,7,14,17-19H,6,8-13H2,1-2H3,(H,30,31)(H3,29,33,34)/b32-22+/t17-,18-,19-,26+,27-/m0/s1. The van der Waals surface area contributed by atoms with Crippen molar-refractivity contribution in [2.24, 2.45) is 39.4 Å². The van der Waals surface area contributed by atoms with Crippen molar-refractivity contribution >= 4 is 39.5 Å². The molecule has 6 nitrogen and oxygen atoms in total.